The highest BCUT2D eigenvalue weighted by Gasteiger charge is 2.56. The second-order valence-corrected chi connectivity index (χ2v) is 9.72. The molecule has 1 aliphatic heterocycles. The quantitative estimate of drug-likeness (QED) is 0.727. The molecule has 0 amide bonds. The smallest absolute Gasteiger partial charge is 0.336 e. The fourth-order valence-corrected chi connectivity index (χ4v) is 6.74. The molecule has 1 heterocycles. The molecule has 4 nitrogen and oxygen atoms in total. The Kier molecular flexibility index (Phi) is 4.49. The molecule has 0 radical (unpaired) electrons. The third-order valence-electron chi connectivity index (χ3n) is 8.17. The van der Waals surface area contributed by atoms with Crippen LogP contribution < -0.4 is 0 Å². The molecule has 2 saturated carbocycles. The van der Waals surface area contributed by atoms with Gasteiger partial charge in [-0.3, -0.25) is 0 Å². The van der Waals surface area contributed by atoms with Crippen LogP contribution in [0.2, 0.25) is 0 Å². The van der Waals surface area contributed by atoms with E-state index in [0.717, 1.165) is 37.7 Å². The Morgan fingerprint density at radius 3 is 2.93 bits per heavy atom. The molecule has 4 heteroatoms. The van der Waals surface area contributed by atoms with Crippen LogP contribution in [0.4, 0.5) is 0 Å². The molecule has 0 bridgehead atoms. The minimum atomic E-state index is -0.139. The van der Waals surface area contributed by atoms with Crippen molar-refractivity contribution in [1.82, 2.24) is 4.90 Å². The number of ether oxygens (including phenoxy) is 1. The molecule has 4 aliphatic rings. The Bertz CT molecular complexity index is 888. The lowest BCUT2D eigenvalue weighted by Gasteiger charge is -2.50. The Labute approximate surface area is 173 Å². The molecule has 154 valence electrons. The summed E-state index contributed by atoms with van der Waals surface area (Å²) in [4.78, 5) is 14.7. The molecule has 1 N–H and O–H groups in total. The molecule has 0 spiro atoms. The van der Waals surface area contributed by atoms with Crippen molar-refractivity contribution in [1.29, 1.82) is 0 Å². The minimum absolute atomic E-state index is 0.0271. The molecule has 0 aromatic heterocycles. The van der Waals surface area contributed by atoms with Gasteiger partial charge in [0.2, 0.25) is 0 Å². The Balaban J connectivity index is 1.34. The van der Waals surface area contributed by atoms with Crippen LogP contribution in [0.25, 0.3) is 0 Å². The number of aryl methyl sites for hydroxylation is 1. The van der Waals surface area contributed by atoms with Crippen molar-refractivity contribution in [3.8, 4) is 5.75 Å². The summed E-state index contributed by atoms with van der Waals surface area (Å²) in [6.07, 6.45) is 13.2. The second kappa shape index (κ2) is 6.93. The molecule has 3 aliphatic carbocycles. The predicted molar refractivity (Wildman–Crippen MR) is 112 cm³/mol. The van der Waals surface area contributed by atoms with Crippen LogP contribution in [-0.4, -0.2) is 29.1 Å². The summed E-state index contributed by atoms with van der Waals surface area (Å²) in [5.74, 6) is 2.11. The number of allylic oxidation sites excluding steroid dienone is 1. The zero-order chi connectivity index (χ0) is 20.2. The van der Waals surface area contributed by atoms with Crippen LogP contribution in [0.3, 0.4) is 0 Å². The zero-order valence-electron chi connectivity index (χ0n) is 17.4. The number of hydrogen-bond donors (Lipinski definition) is 1. The Morgan fingerprint density at radius 2 is 2.10 bits per heavy atom. The molecule has 2 fully saturated rings. The second-order valence-electron chi connectivity index (χ2n) is 9.72. The van der Waals surface area contributed by atoms with E-state index in [-0.39, 0.29) is 17.5 Å². The molecular formula is C25H31NO3. The maximum atomic E-state index is 12.8. The van der Waals surface area contributed by atoms with Crippen LogP contribution in [-0.2, 0) is 16.0 Å². The normalized spacial score (nSPS) is 35.4. The van der Waals surface area contributed by atoms with Gasteiger partial charge < -0.3 is 14.7 Å². The molecule has 1 aromatic carbocycles. The van der Waals surface area contributed by atoms with E-state index in [2.05, 4.69) is 13.0 Å². The molecular weight excluding hydrogens is 362 g/mol. The lowest BCUT2D eigenvalue weighted by atomic mass is 9.55. The number of rotatable bonds is 2. The lowest BCUT2D eigenvalue weighted by molar-refractivity contribution is -0.153. The van der Waals surface area contributed by atoms with Crippen LogP contribution in [0.1, 0.15) is 62.5 Å². The van der Waals surface area contributed by atoms with Crippen molar-refractivity contribution in [3.05, 3.63) is 53.4 Å². The number of carbonyl (C=O) groups excluding carboxylic acids is 1. The number of esters is 1. The van der Waals surface area contributed by atoms with Gasteiger partial charge in [0.05, 0.1) is 5.57 Å². The maximum Gasteiger partial charge on any atom is 0.336 e. The Hall–Kier alpha value is -2.23. The number of aromatic hydroxyl groups is 1. The van der Waals surface area contributed by atoms with Crippen molar-refractivity contribution in [2.45, 2.75) is 63.9 Å². The van der Waals surface area contributed by atoms with Gasteiger partial charge in [0.15, 0.2) is 0 Å². The first-order valence-corrected chi connectivity index (χ1v) is 11.1. The maximum absolute atomic E-state index is 12.8. The molecule has 5 atom stereocenters. The molecule has 0 saturated heterocycles. The van der Waals surface area contributed by atoms with Gasteiger partial charge in [-0.1, -0.05) is 19.1 Å². The minimum Gasteiger partial charge on any atom is -0.508 e. The third-order valence-corrected chi connectivity index (χ3v) is 8.17. The number of nitrogens with zero attached hydrogens (tertiary/aromatic N) is 1. The predicted octanol–water partition coefficient (Wildman–Crippen LogP) is 4.89. The van der Waals surface area contributed by atoms with Gasteiger partial charge in [-0.15, -0.1) is 0 Å². The molecule has 1 aromatic rings. The van der Waals surface area contributed by atoms with Gasteiger partial charge >= 0.3 is 5.97 Å². The fraction of sp³-hybridized carbons (Fsp3) is 0.560. The summed E-state index contributed by atoms with van der Waals surface area (Å²) in [6.45, 7) is 2.37. The van der Waals surface area contributed by atoms with Gasteiger partial charge in [0.25, 0.3) is 0 Å². The fourth-order valence-electron chi connectivity index (χ4n) is 6.74. The van der Waals surface area contributed by atoms with Gasteiger partial charge in [-0.2, -0.15) is 0 Å². The van der Waals surface area contributed by atoms with Crippen molar-refractivity contribution in [2.75, 3.05) is 7.05 Å². The van der Waals surface area contributed by atoms with Crippen molar-refractivity contribution >= 4 is 5.97 Å². The zero-order valence-corrected chi connectivity index (χ0v) is 17.4. The molecule has 29 heavy (non-hydrogen) atoms. The number of fused-ring (bicyclic) bond motifs is 5. The first-order chi connectivity index (χ1) is 14.0. The number of phenolic OH excluding ortho intramolecular Hbond substituents is 1. The van der Waals surface area contributed by atoms with E-state index in [1.165, 1.54) is 17.5 Å². The Morgan fingerprint density at radius 1 is 1.24 bits per heavy atom. The first-order valence-electron chi connectivity index (χ1n) is 11.1. The third kappa shape index (κ3) is 3.08. The van der Waals surface area contributed by atoms with E-state index in [0.29, 0.717) is 29.9 Å². The monoisotopic (exact) mass is 393 g/mol. The van der Waals surface area contributed by atoms with E-state index in [9.17, 15) is 9.90 Å². The van der Waals surface area contributed by atoms with Crippen LogP contribution in [0.5, 0.6) is 5.75 Å². The van der Waals surface area contributed by atoms with E-state index < -0.39 is 0 Å². The molecule has 0 unspecified atom stereocenters. The SMILES string of the molecule is CN1C=CCC(C(=O)O[C@@H]2CC[C@H]3[C@@H]4CCc5cc(O)ccc5[C@H]4CC[C@@]23C)=C1. The lowest BCUT2D eigenvalue weighted by Crippen LogP contribution is -2.45. The van der Waals surface area contributed by atoms with E-state index in [4.69, 9.17) is 4.74 Å². The van der Waals surface area contributed by atoms with Crippen LogP contribution in [0.15, 0.2) is 42.2 Å². The first kappa shape index (κ1) is 18.8. The van der Waals surface area contributed by atoms with E-state index in [1.807, 2.05) is 42.6 Å². The highest BCUT2D eigenvalue weighted by atomic mass is 16.5. The van der Waals surface area contributed by atoms with Crippen molar-refractivity contribution in [3.63, 3.8) is 0 Å². The van der Waals surface area contributed by atoms with Gasteiger partial charge in [-0.25, -0.2) is 4.79 Å². The average molecular weight is 394 g/mol. The summed E-state index contributed by atoms with van der Waals surface area (Å²) in [6, 6.07) is 5.95. The summed E-state index contributed by atoms with van der Waals surface area (Å²) in [5, 5.41) is 9.86. The summed E-state index contributed by atoms with van der Waals surface area (Å²) in [5.41, 5.74) is 3.62. The summed E-state index contributed by atoms with van der Waals surface area (Å²) in [7, 11) is 1.94. The average Bonchev–Trinajstić information content (AvgIpc) is 3.04. The van der Waals surface area contributed by atoms with Gasteiger partial charge in [0, 0.05) is 25.1 Å². The van der Waals surface area contributed by atoms with Crippen molar-refractivity contribution in [2.24, 2.45) is 17.3 Å². The van der Waals surface area contributed by atoms with Crippen molar-refractivity contribution < 1.29 is 14.6 Å². The van der Waals surface area contributed by atoms with Gasteiger partial charge in [-0.05, 0) is 85.7 Å². The number of hydrogen-bond acceptors (Lipinski definition) is 4. The van der Waals surface area contributed by atoms with Gasteiger partial charge in [0.1, 0.15) is 11.9 Å². The highest BCUT2D eigenvalue weighted by molar-refractivity contribution is 5.89. The van der Waals surface area contributed by atoms with E-state index in [1.54, 1.807) is 0 Å². The summed E-state index contributed by atoms with van der Waals surface area (Å²) >= 11 is 0. The van der Waals surface area contributed by atoms with E-state index >= 15 is 0 Å². The standard InChI is InChI=1S/C25H31NO3/c1-25-12-11-20-19-8-6-18(27)14-16(19)5-7-21(20)22(25)9-10-23(25)29-24(28)17-4-3-13-26(2)15-17/h3,6,8,13-15,20-23,27H,4-5,7,9-12H2,1-2H3/t20-,21-,22+,23-,25-/m1/s1. The summed E-state index contributed by atoms with van der Waals surface area (Å²) < 4.78 is 6.14. The van der Waals surface area contributed by atoms with Crippen LogP contribution in [0, 0.1) is 17.3 Å². The van der Waals surface area contributed by atoms with Crippen LogP contribution >= 0.6 is 0 Å². The number of benzene rings is 1. The number of carbonyl (C=O) groups is 1. The largest absolute Gasteiger partial charge is 0.508 e. The highest BCUT2D eigenvalue weighted by Crippen LogP contribution is 2.61. The topological polar surface area (TPSA) is 49.8 Å². The molecule has 5 rings (SSSR count). The number of phenols is 1.